The van der Waals surface area contributed by atoms with E-state index in [2.05, 4.69) is 0 Å². The number of carbonyl (C=O) groups is 2. The van der Waals surface area contributed by atoms with E-state index in [1.54, 1.807) is 12.1 Å². The van der Waals surface area contributed by atoms with E-state index < -0.39 is 5.97 Å². The van der Waals surface area contributed by atoms with Gasteiger partial charge >= 0.3 is 5.97 Å². The van der Waals surface area contributed by atoms with E-state index in [9.17, 15) is 19.1 Å². The SMILES string of the molecule is Cc1c(CC(=O)O)cc2ccc(F)cc2c1C1CCN(C(=O)Cc2ccccc2)CC1. The third-order valence-corrected chi connectivity index (χ3v) is 6.32. The minimum atomic E-state index is -0.878. The minimum Gasteiger partial charge on any atom is -0.481 e. The summed E-state index contributed by atoms with van der Waals surface area (Å²) in [5.41, 5.74) is 3.73. The Morgan fingerprint density at radius 3 is 2.42 bits per heavy atom. The Balaban J connectivity index is 1.58. The molecule has 1 aliphatic rings. The van der Waals surface area contributed by atoms with Gasteiger partial charge in [-0.3, -0.25) is 9.59 Å². The van der Waals surface area contributed by atoms with Crippen LogP contribution in [0.1, 0.15) is 41.0 Å². The number of carbonyl (C=O) groups excluding carboxylic acids is 1. The molecular weight excluding hydrogens is 393 g/mol. The summed E-state index contributed by atoms with van der Waals surface area (Å²) in [5, 5.41) is 11.0. The molecule has 31 heavy (non-hydrogen) atoms. The van der Waals surface area contributed by atoms with Gasteiger partial charge in [0.05, 0.1) is 12.8 Å². The number of fused-ring (bicyclic) bond motifs is 1. The lowest BCUT2D eigenvalue weighted by Gasteiger charge is -2.34. The predicted molar refractivity (Wildman–Crippen MR) is 119 cm³/mol. The van der Waals surface area contributed by atoms with Gasteiger partial charge in [-0.1, -0.05) is 42.5 Å². The number of carboxylic acid groups (broad SMARTS) is 1. The summed E-state index contributed by atoms with van der Waals surface area (Å²) < 4.78 is 14.1. The highest BCUT2D eigenvalue weighted by molar-refractivity contribution is 5.89. The van der Waals surface area contributed by atoms with Crippen molar-refractivity contribution in [1.82, 2.24) is 4.90 Å². The summed E-state index contributed by atoms with van der Waals surface area (Å²) in [4.78, 5) is 26.0. The van der Waals surface area contributed by atoms with Gasteiger partial charge < -0.3 is 10.0 Å². The average Bonchev–Trinajstić information content (AvgIpc) is 2.75. The zero-order valence-electron chi connectivity index (χ0n) is 17.6. The second-order valence-corrected chi connectivity index (χ2v) is 8.33. The molecule has 0 saturated carbocycles. The molecule has 0 aliphatic carbocycles. The van der Waals surface area contributed by atoms with Gasteiger partial charge in [-0.05, 0) is 70.8 Å². The van der Waals surface area contributed by atoms with Crippen molar-refractivity contribution < 1.29 is 19.1 Å². The van der Waals surface area contributed by atoms with Crippen molar-refractivity contribution in [3.05, 3.63) is 82.7 Å². The van der Waals surface area contributed by atoms with E-state index >= 15 is 0 Å². The molecule has 3 aromatic rings. The van der Waals surface area contributed by atoms with Crippen LogP contribution in [0.2, 0.25) is 0 Å². The Morgan fingerprint density at radius 1 is 1.03 bits per heavy atom. The number of aliphatic carboxylic acids is 1. The average molecular weight is 419 g/mol. The van der Waals surface area contributed by atoms with E-state index in [1.807, 2.05) is 48.2 Å². The van der Waals surface area contributed by atoms with Crippen LogP contribution in [0.3, 0.4) is 0 Å². The van der Waals surface area contributed by atoms with Crippen molar-refractivity contribution in [3.8, 4) is 0 Å². The smallest absolute Gasteiger partial charge is 0.307 e. The number of nitrogens with zero attached hydrogens (tertiary/aromatic N) is 1. The molecule has 1 amide bonds. The summed E-state index contributed by atoms with van der Waals surface area (Å²) in [6, 6.07) is 16.3. The maximum Gasteiger partial charge on any atom is 0.307 e. The van der Waals surface area contributed by atoms with Crippen LogP contribution < -0.4 is 0 Å². The fourth-order valence-electron chi connectivity index (χ4n) is 4.73. The zero-order chi connectivity index (χ0) is 22.0. The number of hydrogen-bond donors (Lipinski definition) is 1. The van der Waals surface area contributed by atoms with Crippen LogP contribution in [-0.2, 0) is 22.4 Å². The molecule has 0 aromatic heterocycles. The molecule has 1 aliphatic heterocycles. The van der Waals surface area contributed by atoms with Crippen molar-refractivity contribution in [2.24, 2.45) is 0 Å². The number of rotatable bonds is 5. The summed E-state index contributed by atoms with van der Waals surface area (Å²) in [5.74, 6) is -0.887. The number of amides is 1. The molecule has 160 valence electrons. The Kier molecular flexibility index (Phi) is 6.03. The third kappa shape index (κ3) is 4.61. The molecule has 4 nitrogen and oxygen atoms in total. The molecule has 1 heterocycles. The van der Waals surface area contributed by atoms with Gasteiger partial charge in [0.25, 0.3) is 0 Å². The van der Waals surface area contributed by atoms with Gasteiger partial charge in [0.15, 0.2) is 0 Å². The predicted octanol–water partition coefficient (Wildman–Crippen LogP) is 4.86. The minimum absolute atomic E-state index is 0.0550. The van der Waals surface area contributed by atoms with Crippen molar-refractivity contribution in [1.29, 1.82) is 0 Å². The van der Waals surface area contributed by atoms with Crippen LogP contribution in [0, 0.1) is 12.7 Å². The van der Waals surface area contributed by atoms with Gasteiger partial charge in [0, 0.05) is 13.1 Å². The lowest BCUT2D eigenvalue weighted by Crippen LogP contribution is -2.39. The molecule has 0 radical (unpaired) electrons. The summed E-state index contributed by atoms with van der Waals surface area (Å²) in [6.07, 6.45) is 1.90. The van der Waals surface area contributed by atoms with Crippen LogP contribution in [-0.4, -0.2) is 35.0 Å². The van der Waals surface area contributed by atoms with Crippen LogP contribution in [0.5, 0.6) is 0 Å². The van der Waals surface area contributed by atoms with E-state index in [0.29, 0.717) is 19.5 Å². The normalized spacial score (nSPS) is 14.7. The fourth-order valence-corrected chi connectivity index (χ4v) is 4.73. The number of carboxylic acids is 1. The largest absolute Gasteiger partial charge is 0.481 e. The third-order valence-electron chi connectivity index (χ3n) is 6.32. The molecule has 5 heteroatoms. The molecule has 1 N–H and O–H groups in total. The molecule has 1 fully saturated rings. The highest BCUT2D eigenvalue weighted by atomic mass is 19.1. The van der Waals surface area contributed by atoms with Crippen LogP contribution >= 0.6 is 0 Å². The maximum atomic E-state index is 14.1. The molecular formula is C26H26FNO3. The summed E-state index contributed by atoms with van der Waals surface area (Å²) >= 11 is 0. The first-order valence-corrected chi connectivity index (χ1v) is 10.7. The number of benzene rings is 3. The maximum absolute atomic E-state index is 14.1. The lowest BCUT2D eigenvalue weighted by atomic mass is 9.81. The first-order chi connectivity index (χ1) is 14.9. The van der Waals surface area contributed by atoms with Crippen LogP contribution in [0.25, 0.3) is 10.8 Å². The monoisotopic (exact) mass is 419 g/mol. The summed E-state index contributed by atoms with van der Waals surface area (Å²) in [7, 11) is 0. The van der Waals surface area contributed by atoms with Crippen molar-refractivity contribution in [2.45, 2.75) is 38.5 Å². The number of piperidine rings is 1. The van der Waals surface area contributed by atoms with Crippen LogP contribution in [0.15, 0.2) is 54.6 Å². The fraction of sp³-hybridized carbons (Fsp3) is 0.308. The molecule has 3 aromatic carbocycles. The molecule has 0 spiro atoms. The number of likely N-dealkylation sites (tertiary alicyclic amines) is 1. The van der Waals surface area contributed by atoms with Gasteiger partial charge in [-0.2, -0.15) is 0 Å². The number of hydrogen-bond acceptors (Lipinski definition) is 2. The van der Waals surface area contributed by atoms with E-state index in [0.717, 1.165) is 45.9 Å². The summed E-state index contributed by atoms with van der Waals surface area (Å²) in [6.45, 7) is 3.23. The Bertz CT molecular complexity index is 1120. The van der Waals surface area contributed by atoms with E-state index in [-0.39, 0.29) is 24.1 Å². The van der Waals surface area contributed by atoms with Gasteiger partial charge in [0.2, 0.25) is 5.91 Å². The second kappa shape index (κ2) is 8.88. The first-order valence-electron chi connectivity index (χ1n) is 10.7. The standard InChI is InChI=1S/C26H26FNO3/c1-17-21(15-25(30)31)14-20-7-8-22(27)16-23(20)26(17)19-9-11-28(12-10-19)24(29)13-18-5-3-2-4-6-18/h2-8,14,16,19H,9-13,15H2,1H3,(H,30,31). The molecule has 1 saturated heterocycles. The molecule has 0 unspecified atom stereocenters. The highest BCUT2D eigenvalue weighted by Crippen LogP contribution is 2.37. The Morgan fingerprint density at radius 2 is 1.74 bits per heavy atom. The van der Waals surface area contributed by atoms with Crippen LogP contribution in [0.4, 0.5) is 4.39 Å². The Labute approximate surface area is 181 Å². The topological polar surface area (TPSA) is 57.6 Å². The number of halogens is 1. The van der Waals surface area contributed by atoms with Gasteiger partial charge in [0.1, 0.15) is 5.82 Å². The van der Waals surface area contributed by atoms with Crippen molar-refractivity contribution in [2.75, 3.05) is 13.1 Å². The quantitative estimate of drug-likeness (QED) is 0.642. The highest BCUT2D eigenvalue weighted by Gasteiger charge is 2.27. The lowest BCUT2D eigenvalue weighted by molar-refractivity contribution is -0.136. The van der Waals surface area contributed by atoms with E-state index in [1.165, 1.54) is 6.07 Å². The van der Waals surface area contributed by atoms with E-state index in [4.69, 9.17) is 0 Å². The molecule has 0 bridgehead atoms. The van der Waals surface area contributed by atoms with Gasteiger partial charge in [-0.15, -0.1) is 0 Å². The molecule has 4 rings (SSSR count). The van der Waals surface area contributed by atoms with Crippen molar-refractivity contribution >= 4 is 22.6 Å². The first kappa shape index (κ1) is 21.0. The molecule has 0 atom stereocenters. The van der Waals surface area contributed by atoms with Crippen molar-refractivity contribution in [3.63, 3.8) is 0 Å². The zero-order valence-corrected chi connectivity index (χ0v) is 17.6. The second-order valence-electron chi connectivity index (χ2n) is 8.33. The van der Waals surface area contributed by atoms with Gasteiger partial charge in [-0.25, -0.2) is 4.39 Å². The Hall–Kier alpha value is -3.21.